The van der Waals surface area contributed by atoms with Crippen LogP contribution < -0.4 is 5.32 Å². The highest BCUT2D eigenvalue weighted by atomic mass is 35.5. The molecule has 0 aliphatic carbocycles. The van der Waals surface area contributed by atoms with E-state index in [2.05, 4.69) is 15.3 Å². The molecule has 2 aromatic heterocycles. The predicted molar refractivity (Wildman–Crippen MR) is 83.5 cm³/mol. The lowest BCUT2D eigenvalue weighted by atomic mass is 10.1. The van der Waals surface area contributed by atoms with Crippen molar-refractivity contribution in [1.82, 2.24) is 15.3 Å². The Morgan fingerprint density at radius 2 is 2.19 bits per heavy atom. The maximum atomic E-state index is 12.2. The normalized spacial score (nSPS) is 10.8. The van der Waals surface area contributed by atoms with E-state index in [1.54, 1.807) is 24.4 Å². The second kappa shape index (κ2) is 5.58. The molecule has 1 aromatic carbocycles. The van der Waals surface area contributed by atoms with Gasteiger partial charge in [-0.15, -0.1) is 0 Å². The molecule has 0 saturated heterocycles. The highest BCUT2D eigenvalue weighted by molar-refractivity contribution is 6.31. The summed E-state index contributed by atoms with van der Waals surface area (Å²) >= 11 is 5.97. The lowest BCUT2D eigenvalue weighted by molar-refractivity contribution is 0.0951. The van der Waals surface area contributed by atoms with Crippen LogP contribution in [0.15, 0.2) is 42.7 Å². The lowest BCUT2D eigenvalue weighted by Crippen LogP contribution is -2.23. The Bertz CT molecular complexity index is 810. The first-order valence-corrected chi connectivity index (χ1v) is 6.98. The van der Waals surface area contributed by atoms with Crippen LogP contribution in [0.2, 0.25) is 5.02 Å². The van der Waals surface area contributed by atoms with Gasteiger partial charge in [0.05, 0.1) is 0 Å². The van der Waals surface area contributed by atoms with E-state index in [1.807, 2.05) is 25.3 Å². The molecule has 3 rings (SSSR count). The number of aromatic nitrogens is 2. The van der Waals surface area contributed by atoms with Crippen LogP contribution in [0.4, 0.5) is 0 Å². The molecule has 3 aromatic rings. The minimum Gasteiger partial charge on any atom is -0.348 e. The smallest absolute Gasteiger partial charge is 0.251 e. The summed E-state index contributed by atoms with van der Waals surface area (Å²) in [5.74, 6) is -0.115. The Balaban J connectivity index is 1.76. The Morgan fingerprint density at radius 1 is 1.33 bits per heavy atom. The van der Waals surface area contributed by atoms with Crippen molar-refractivity contribution in [2.24, 2.45) is 0 Å². The van der Waals surface area contributed by atoms with Gasteiger partial charge in [0, 0.05) is 34.9 Å². The summed E-state index contributed by atoms with van der Waals surface area (Å²) in [6, 6.07) is 9.11. The zero-order valence-corrected chi connectivity index (χ0v) is 12.2. The average molecular weight is 300 g/mol. The molecule has 0 radical (unpaired) electrons. The van der Waals surface area contributed by atoms with Gasteiger partial charge in [0.15, 0.2) is 0 Å². The second-order valence-electron chi connectivity index (χ2n) is 4.86. The van der Waals surface area contributed by atoms with Crippen LogP contribution in [0.1, 0.15) is 21.5 Å². The van der Waals surface area contributed by atoms with Crippen molar-refractivity contribution < 1.29 is 4.79 Å². The highest BCUT2D eigenvalue weighted by Gasteiger charge is 2.08. The first-order valence-electron chi connectivity index (χ1n) is 6.60. The fraction of sp³-hybridized carbons (Fsp3) is 0.125. The predicted octanol–water partition coefficient (Wildman–Crippen LogP) is 3.45. The van der Waals surface area contributed by atoms with E-state index in [0.717, 1.165) is 22.2 Å². The van der Waals surface area contributed by atoms with Crippen molar-refractivity contribution in [2.75, 3.05) is 0 Å². The third kappa shape index (κ3) is 2.76. The van der Waals surface area contributed by atoms with Gasteiger partial charge in [-0.3, -0.25) is 4.79 Å². The molecule has 106 valence electrons. The van der Waals surface area contributed by atoms with Gasteiger partial charge >= 0.3 is 0 Å². The number of amides is 1. The van der Waals surface area contributed by atoms with Gasteiger partial charge in [-0.1, -0.05) is 11.6 Å². The first kappa shape index (κ1) is 13.6. The van der Waals surface area contributed by atoms with Crippen LogP contribution in [0.25, 0.3) is 11.0 Å². The molecule has 0 saturated carbocycles. The third-order valence-corrected chi connectivity index (χ3v) is 3.83. The average Bonchev–Trinajstić information content (AvgIpc) is 2.96. The number of hydrogen-bond donors (Lipinski definition) is 2. The number of H-pyrrole nitrogens is 1. The summed E-state index contributed by atoms with van der Waals surface area (Å²) < 4.78 is 0. The van der Waals surface area contributed by atoms with Gasteiger partial charge in [0.25, 0.3) is 5.91 Å². The lowest BCUT2D eigenvalue weighted by Gasteiger charge is -2.07. The largest absolute Gasteiger partial charge is 0.348 e. The van der Waals surface area contributed by atoms with Gasteiger partial charge in [-0.25, -0.2) is 4.98 Å². The quantitative estimate of drug-likeness (QED) is 0.778. The van der Waals surface area contributed by atoms with Crippen molar-refractivity contribution in [3.63, 3.8) is 0 Å². The maximum absolute atomic E-state index is 12.2. The molecule has 0 unspecified atom stereocenters. The summed E-state index contributed by atoms with van der Waals surface area (Å²) in [5.41, 5.74) is 3.35. The molecule has 4 nitrogen and oxygen atoms in total. The summed E-state index contributed by atoms with van der Waals surface area (Å²) in [5, 5.41) is 4.60. The standard InChI is InChI=1S/C16H14ClN3O/c1-10-8-11(2-3-14(10)17)16(21)20-9-12-4-6-18-15-13(12)5-7-19-15/h2-8H,9H2,1H3,(H,18,19)(H,20,21). The molecular formula is C16H14ClN3O. The van der Waals surface area contributed by atoms with Gasteiger partial charge in [0.2, 0.25) is 0 Å². The Hall–Kier alpha value is -2.33. The van der Waals surface area contributed by atoms with Crippen LogP contribution in [0.5, 0.6) is 0 Å². The van der Waals surface area contributed by atoms with Crippen LogP contribution in [0.3, 0.4) is 0 Å². The van der Waals surface area contributed by atoms with Crippen molar-refractivity contribution in [1.29, 1.82) is 0 Å². The zero-order valence-electron chi connectivity index (χ0n) is 11.5. The molecular weight excluding hydrogens is 286 g/mol. The molecule has 5 heteroatoms. The molecule has 0 atom stereocenters. The Morgan fingerprint density at radius 3 is 3.00 bits per heavy atom. The SMILES string of the molecule is Cc1cc(C(=O)NCc2ccnc3[nH]ccc23)ccc1Cl. The van der Waals surface area contributed by atoms with E-state index < -0.39 is 0 Å². The fourth-order valence-corrected chi connectivity index (χ4v) is 2.35. The molecule has 2 heterocycles. The molecule has 0 aliphatic heterocycles. The molecule has 0 bridgehead atoms. The van der Waals surface area contributed by atoms with E-state index in [-0.39, 0.29) is 5.91 Å². The van der Waals surface area contributed by atoms with Crippen LogP contribution >= 0.6 is 11.6 Å². The van der Waals surface area contributed by atoms with E-state index >= 15 is 0 Å². The third-order valence-electron chi connectivity index (χ3n) is 3.41. The number of benzene rings is 1. The summed E-state index contributed by atoms with van der Waals surface area (Å²) in [6.07, 6.45) is 3.57. The highest BCUT2D eigenvalue weighted by Crippen LogP contribution is 2.17. The number of rotatable bonds is 3. The molecule has 0 spiro atoms. The Kier molecular flexibility index (Phi) is 3.62. The van der Waals surface area contributed by atoms with Gasteiger partial charge in [0.1, 0.15) is 5.65 Å². The van der Waals surface area contributed by atoms with Crippen molar-refractivity contribution in [3.8, 4) is 0 Å². The van der Waals surface area contributed by atoms with Crippen LogP contribution in [0, 0.1) is 6.92 Å². The van der Waals surface area contributed by atoms with Gasteiger partial charge < -0.3 is 10.3 Å². The number of aryl methyl sites for hydroxylation is 1. The summed E-state index contributed by atoms with van der Waals surface area (Å²) in [7, 11) is 0. The van der Waals surface area contributed by atoms with Gasteiger partial charge in [-0.2, -0.15) is 0 Å². The minimum atomic E-state index is -0.115. The number of halogens is 1. The number of carbonyl (C=O) groups excluding carboxylic acids is 1. The first-order chi connectivity index (χ1) is 10.1. The van der Waals surface area contributed by atoms with Crippen molar-refractivity contribution >= 4 is 28.5 Å². The maximum Gasteiger partial charge on any atom is 0.251 e. The van der Waals surface area contributed by atoms with Crippen molar-refractivity contribution in [3.05, 3.63) is 64.4 Å². The van der Waals surface area contributed by atoms with Crippen molar-refractivity contribution in [2.45, 2.75) is 13.5 Å². The van der Waals surface area contributed by atoms with Crippen LogP contribution in [-0.2, 0) is 6.54 Å². The zero-order chi connectivity index (χ0) is 14.8. The number of hydrogen-bond acceptors (Lipinski definition) is 2. The molecule has 1 amide bonds. The molecule has 0 aliphatic rings. The minimum absolute atomic E-state index is 0.115. The molecule has 0 fully saturated rings. The molecule has 2 N–H and O–H groups in total. The number of carbonyl (C=O) groups is 1. The number of nitrogens with one attached hydrogen (secondary N) is 2. The van der Waals surface area contributed by atoms with E-state index in [0.29, 0.717) is 17.1 Å². The van der Waals surface area contributed by atoms with E-state index in [1.165, 1.54) is 0 Å². The topological polar surface area (TPSA) is 57.8 Å². The number of fused-ring (bicyclic) bond motifs is 1. The van der Waals surface area contributed by atoms with Crippen LogP contribution in [-0.4, -0.2) is 15.9 Å². The molecule has 21 heavy (non-hydrogen) atoms. The fourth-order valence-electron chi connectivity index (χ4n) is 2.24. The van der Waals surface area contributed by atoms with E-state index in [9.17, 15) is 4.79 Å². The van der Waals surface area contributed by atoms with Gasteiger partial charge in [-0.05, 0) is 48.4 Å². The summed E-state index contributed by atoms with van der Waals surface area (Å²) in [6.45, 7) is 2.34. The number of pyridine rings is 1. The Labute approximate surface area is 127 Å². The monoisotopic (exact) mass is 299 g/mol. The van der Waals surface area contributed by atoms with E-state index in [4.69, 9.17) is 11.6 Å². The number of aromatic amines is 1. The second-order valence-corrected chi connectivity index (χ2v) is 5.26. The summed E-state index contributed by atoms with van der Waals surface area (Å²) in [4.78, 5) is 19.5. The number of nitrogens with zero attached hydrogens (tertiary/aromatic N) is 1.